The summed E-state index contributed by atoms with van der Waals surface area (Å²) in [7, 11) is 0. The quantitative estimate of drug-likeness (QED) is 0.726. The number of benzene rings is 2. The molecule has 0 spiro atoms. The molecule has 0 radical (unpaired) electrons. The van der Waals surface area contributed by atoms with Crippen molar-refractivity contribution in [3.63, 3.8) is 0 Å². The summed E-state index contributed by atoms with van der Waals surface area (Å²) in [5.41, 5.74) is 1.79. The Balaban J connectivity index is 2.28. The number of para-hydroxylation sites is 1. The molecule has 0 saturated heterocycles. The fourth-order valence-electron chi connectivity index (χ4n) is 2.50. The van der Waals surface area contributed by atoms with Crippen molar-refractivity contribution in [3.05, 3.63) is 65.0 Å². The van der Waals surface area contributed by atoms with E-state index in [2.05, 4.69) is 6.92 Å². The van der Waals surface area contributed by atoms with E-state index in [1.54, 1.807) is 4.57 Å². The zero-order chi connectivity index (χ0) is 14.7. The second-order valence-corrected chi connectivity index (χ2v) is 5.13. The van der Waals surface area contributed by atoms with Crippen LogP contribution in [0.15, 0.2) is 59.4 Å². The van der Waals surface area contributed by atoms with Gasteiger partial charge < -0.3 is 0 Å². The summed E-state index contributed by atoms with van der Waals surface area (Å²) in [5, 5.41) is 0.688. The van der Waals surface area contributed by atoms with Gasteiger partial charge >= 0.3 is 0 Å². The first kappa shape index (κ1) is 13.6. The lowest BCUT2D eigenvalue weighted by molar-refractivity contribution is 0.615. The molecule has 1 aromatic heterocycles. The number of unbranched alkanes of at least 4 members (excludes halogenated alkanes) is 1. The average molecular weight is 278 g/mol. The Morgan fingerprint density at radius 3 is 2.48 bits per heavy atom. The molecule has 2 aromatic carbocycles. The van der Waals surface area contributed by atoms with Crippen molar-refractivity contribution in [1.29, 1.82) is 0 Å². The fraction of sp³-hybridized carbons (Fsp3) is 0.222. The molecule has 0 fully saturated rings. The minimum Gasteiger partial charge on any atom is -0.292 e. The predicted molar refractivity (Wildman–Crippen MR) is 86.3 cm³/mol. The summed E-state index contributed by atoms with van der Waals surface area (Å²) in [5.74, 6) is 0.757. The summed E-state index contributed by atoms with van der Waals surface area (Å²) in [6, 6.07) is 17.5. The molecule has 0 saturated carbocycles. The normalized spacial score (nSPS) is 10.9. The highest BCUT2D eigenvalue weighted by Crippen LogP contribution is 2.19. The van der Waals surface area contributed by atoms with Gasteiger partial charge in [-0.25, -0.2) is 4.98 Å². The van der Waals surface area contributed by atoms with Gasteiger partial charge in [-0.15, -0.1) is 0 Å². The first-order valence-electron chi connectivity index (χ1n) is 7.36. The monoisotopic (exact) mass is 278 g/mol. The molecular weight excluding hydrogens is 260 g/mol. The third-order valence-electron chi connectivity index (χ3n) is 3.63. The van der Waals surface area contributed by atoms with Crippen LogP contribution in [0.3, 0.4) is 0 Å². The predicted octanol–water partition coefficient (Wildman–Crippen LogP) is 3.86. The average Bonchev–Trinajstić information content (AvgIpc) is 2.55. The molecule has 0 bridgehead atoms. The summed E-state index contributed by atoms with van der Waals surface area (Å²) in [6.07, 6.45) is 2.02. The summed E-state index contributed by atoms with van der Waals surface area (Å²) >= 11 is 0. The third kappa shape index (κ3) is 2.59. The Kier molecular flexibility index (Phi) is 3.82. The highest BCUT2D eigenvalue weighted by Gasteiger charge is 2.11. The van der Waals surface area contributed by atoms with Crippen molar-refractivity contribution in [1.82, 2.24) is 9.55 Å². The van der Waals surface area contributed by atoms with Crippen molar-refractivity contribution in [3.8, 4) is 11.4 Å². The van der Waals surface area contributed by atoms with Crippen molar-refractivity contribution in [2.45, 2.75) is 26.3 Å². The lowest BCUT2D eigenvalue weighted by Gasteiger charge is -2.13. The summed E-state index contributed by atoms with van der Waals surface area (Å²) in [6.45, 7) is 2.83. The van der Waals surface area contributed by atoms with Crippen LogP contribution in [0.2, 0.25) is 0 Å². The number of hydrogen-bond acceptors (Lipinski definition) is 2. The zero-order valence-corrected chi connectivity index (χ0v) is 12.1. The molecular formula is C18H18N2O. The topological polar surface area (TPSA) is 34.9 Å². The van der Waals surface area contributed by atoms with Gasteiger partial charge in [0.25, 0.3) is 5.56 Å². The third-order valence-corrected chi connectivity index (χ3v) is 3.63. The molecule has 0 aliphatic heterocycles. The number of nitrogens with zero attached hydrogens (tertiary/aromatic N) is 2. The van der Waals surface area contributed by atoms with Crippen LogP contribution >= 0.6 is 0 Å². The zero-order valence-electron chi connectivity index (χ0n) is 12.1. The van der Waals surface area contributed by atoms with Crippen molar-refractivity contribution in [2.75, 3.05) is 0 Å². The fourth-order valence-corrected chi connectivity index (χ4v) is 2.50. The Hall–Kier alpha value is -2.42. The molecule has 106 valence electrons. The highest BCUT2D eigenvalue weighted by molar-refractivity contribution is 5.79. The first-order chi connectivity index (χ1) is 10.3. The second kappa shape index (κ2) is 5.92. The van der Waals surface area contributed by atoms with E-state index in [1.165, 1.54) is 0 Å². The van der Waals surface area contributed by atoms with Crippen LogP contribution in [0, 0.1) is 0 Å². The van der Waals surface area contributed by atoms with Gasteiger partial charge in [0, 0.05) is 12.1 Å². The van der Waals surface area contributed by atoms with Crippen LogP contribution in [0.25, 0.3) is 22.3 Å². The molecule has 3 rings (SSSR count). The van der Waals surface area contributed by atoms with Gasteiger partial charge in [-0.3, -0.25) is 9.36 Å². The summed E-state index contributed by atoms with van der Waals surface area (Å²) in [4.78, 5) is 17.5. The van der Waals surface area contributed by atoms with Gasteiger partial charge in [0.2, 0.25) is 0 Å². The minimum atomic E-state index is 0.0490. The number of aromatic nitrogens is 2. The second-order valence-electron chi connectivity index (χ2n) is 5.13. The van der Waals surface area contributed by atoms with Crippen molar-refractivity contribution < 1.29 is 0 Å². The van der Waals surface area contributed by atoms with E-state index in [4.69, 9.17) is 4.98 Å². The van der Waals surface area contributed by atoms with Crippen LogP contribution < -0.4 is 5.56 Å². The molecule has 21 heavy (non-hydrogen) atoms. The van der Waals surface area contributed by atoms with E-state index in [9.17, 15) is 4.79 Å². The largest absolute Gasteiger partial charge is 0.292 e. The molecule has 0 atom stereocenters. The van der Waals surface area contributed by atoms with Gasteiger partial charge in [-0.1, -0.05) is 55.8 Å². The minimum absolute atomic E-state index is 0.0490. The maximum absolute atomic E-state index is 12.8. The van der Waals surface area contributed by atoms with E-state index in [0.717, 1.165) is 29.7 Å². The maximum atomic E-state index is 12.8. The molecule has 0 aliphatic carbocycles. The number of hydrogen-bond donors (Lipinski definition) is 0. The van der Waals surface area contributed by atoms with Gasteiger partial charge in [-0.2, -0.15) is 0 Å². The van der Waals surface area contributed by atoms with Crippen molar-refractivity contribution >= 4 is 10.9 Å². The molecule has 3 aromatic rings. The van der Waals surface area contributed by atoms with Crippen molar-refractivity contribution in [2.24, 2.45) is 0 Å². The van der Waals surface area contributed by atoms with Crippen LogP contribution in [0.4, 0.5) is 0 Å². The van der Waals surface area contributed by atoms with Crippen LogP contribution in [0.5, 0.6) is 0 Å². The Morgan fingerprint density at radius 1 is 1.00 bits per heavy atom. The van der Waals surface area contributed by atoms with Crippen LogP contribution in [-0.4, -0.2) is 9.55 Å². The van der Waals surface area contributed by atoms with Crippen LogP contribution in [-0.2, 0) is 6.54 Å². The van der Waals surface area contributed by atoms with Gasteiger partial charge in [0.05, 0.1) is 10.9 Å². The van der Waals surface area contributed by atoms with Gasteiger partial charge in [0.1, 0.15) is 5.82 Å². The Morgan fingerprint density at radius 2 is 1.71 bits per heavy atom. The Labute approximate surface area is 123 Å². The number of fused-ring (bicyclic) bond motifs is 1. The van der Waals surface area contributed by atoms with Gasteiger partial charge in [-0.05, 0) is 18.6 Å². The maximum Gasteiger partial charge on any atom is 0.261 e. The molecule has 0 unspecified atom stereocenters. The molecule has 0 aliphatic rings. The molecule has 1 heterocycles. The van der Waals surface area contributed by atoms with Gasteiger partial charge in [0.15, 0.2) is 0 Å². The number of rotatable bonds is 4. The van der Waals surface area contributed by atoms with Crippen LogP contribution in [0.1, 0.15) is 19.8 Å². The smallest absolute Gasteiger partial charge is 0.261 e. The van der Waals surface area contributed by atoms with E-state index < -0.39 is 0 Å². The van der Waals surface area contributed by atoms with E-state index in [0.29, 0.717) is 11.9 Å². The van der Waals surface area contributed by atoms with E-state index >= 15 is 0 Å². The van der Waals surface area contributed by atoms with E-state index in [1.807, 2.05) is 54.6 Å². The standard InChI is InChI=1S/C18H18N2O/c1-2-3-13-20-17(14-9-5-4-6-10-14)19-16-12-8-7-11-15(16)18(20)21/h4-12H,2-3,13H2,1H3. The molecule has 0 amide bonds. The summed E-state index contributed by atoms with van der Waals surface area (Å²) < 4.78 is 1.81. The SMILES string of the molecule is CCCCn1c(-c2ccccc2)nc2ccccc2c1=O. The molecule has 3 nitrogen and oxygen atoms in total. The highest BCUT2D eigenvalue weighted by atomic mass is 16.1. The molecule has 0 N–H and O–H groups in total. The molecule has 3 heteroatoms. The van der Waals surface area contributed by atoms with E-state index in [-0.39, 0.29) is 5.56 Å². The first-order valence-corrected chi connectivity index (χ1v) is 7.36. The lowest BCUT2D eigenvalue weighted by atomic mass is 10.1. The Bertz CT molecular complexity index is 806. The lowest BCUT2D eigenvalue weighted by Crippen LogP contribution is -2.23.